The van der Waals surface area contributed by atoms with Gasteiger partial charge in [-0.25, -0.2) is 4.79 Å². The van der Waals surface area contributed by atoms with Crippen molar-refractivity contribution in [2.45, 2.75) is 4.90 Å². The second kappa shape index (κ2) is 7.40. The molecule has 2 rings (SSSR count). The molecule has 3 nitrogen and oxygen atoms in total. The third kappa shape index (κ3) is 4.51. The van der Waals surface area contributed by atoms with Gasteiger partial charge in [0.05, 0.1) is 12.7 Å². The van der Waals surface area contributed by atoms with E-state index in [0.717, 1.165) is 5.75 Å². The molecule has 94 valence electrons. The Kier molecular flexibility index (Phi) is 5.80. The average Bonchev–Trinajstić information content (AvgIpc) is 2.40. The number of carboxylic acids is 1. The zero-order valence-corrected chi connectivity index (χ0v) is 10.8. The van der Waals surface area contributed by atoms with Crippen molar-refractivity contribution in [2.75, 3.05) is 7.11 Å². The van der Waals surface area contributed by atoms with E-state index in [4.69, 9.17) is 9.84 Å². The van der Waals surface area contributed by atoms with Crippen LogP contribution in [-0.2, 0) is 0 Å². The van der Waals surface area contributed by atoms with Crippen LogP contribution >= 0.6 is 12.6 Å². The van der Waals surface area contributed by atoms with E-state index in [-0.39, 0.29) is 5.56 Å². The average molecular weight is 262 g/mol. The normalized spacial score (nSPS) is 9.00. The number of methoxy groups -OCH3 is 1. The Morgan fingerprint density at radius 1 is 1.06 bits per heavy atom. The molecule has 0 aliphatic carbocycles. The van der Waals surface area contributed by atoms with E-state index in [2.05, 4.69) is 12.6 Å². The molecule has 0 heterocycles. The number of aromatic carboxylic acids is 1. The fourth-order valence-electron chi connectivity index (χ4n) is 1.21. The molecule has 0 bridgehead atoms. The molecule has 0 aromatic heterocycles. The van der Waals surface area contributed by atoms with Gasteiger partial charge in [0.1, 0.15) is 5.75 Å². The summed E-state index contributed by atoms with van der Waals surface area (Å²) in [6.07, 6.45) is 0. The third-order valence-electron chi connectivity index (χ3n) is 2.11. The molecule has 2 aromatic rings. The van der Waals surface area contributed by atoms with Crippen LogP contribution in [0.1, 0.15) is 10.4 Å². The fourth-order valence-corrected chi connectivity index (χ4v) is 1.47. The number of hydrogen-bond donors (Lipinski definition) is 2. The lowest BCUT2D eigenvalue weighted by Crippen LogP contribution is -1.96. The van der Waals surface area contributed by atoms with Gasteiger partial charge in [-0.1, -0.05) is 30.3 Å². The highest BCUT2D eigenvalue weighted by atomic mass is 32.1. The molecule has 0 atom stereocenters. The van der Waals surface area contributed by atoms with Crippen molar-refractivity contribution in [3.8, 4) is 5.75 Å². The van der Waals surface area contributed by atoms with Crippen molar-refractivity contribution < 1.29 is 14.6 Å². The van der Waals surface area contributed by atoms with E-state index in [1.807, 2.05) is 30.3 Å². The Balaban J connectivity index is 0.000000184. The van der Waals surface area contributed by atoms with Crippen LogP contribution in [0.25, 0.3) is 0 Å². The predicted octanol–water partition coefficient (Wildman–Crippen LogP) is 3.37. The molecule has 0 amide bonds. The van der Waals surface area contributed by atoms with Crippen LogP contribution in [0, 0.1) is 0 Å². The van der Waals surface area contributed by atoms with Crippen molar-refractivity contribution in [2.24, 2.45) is 0 Å². The summed E-state index contributed by atoms with van der Waals surface area (Å²) in [5.74, 6) is -0.0295. The van der Waals surface area contributed by atoms with Crippen molar-refractivity contribution in [1.82, 2.24) is 0 Å². The van der Waals surface area contributed by atoms with Crippen molar-refractivity contribution in [1.29, 1.82) is 0 Å². The van der Waals surface area contributed by atoms with Gasteiger partial charge in [-0.15, -0.1) is 12.6 Å². The van der Waals surface area contributed by atoms with Gasteiger partial charge in [0.15, 0.2) is 0 Å². The molecule has 0 saturated heterocycles. The molecule has 0 spiro atoms. The highest BCUT2D eigenvalue weighted by Gasteiger charge is 2.03. The monoisotopic (exact) mass is 262 g/mol. The minimum atomic E-state index is -0.939. The van der Waals surface area contributed by atoms with E-state index in [1.165, 1.54) is 6.07 Å². The molecule has 4 heteroatoms. The SMILES string of the molecule is COc1ccccc1.O=C(O)c1ccccc1S. The highest BCUT2D eigenvalue weighted by Crippen LogP contribution is 2.11. The zero-order chi connectivity index (χ0) is 13.4. The van der Waals surface area contributed by atoms with Gasteiger partial charge in [-0.2, -0.15) is 0 Å². The van der Waals surface area contributed by atoms with Crippen LogP contribution in [-0.4, -0.2) is 18.2 Å². The number of thiol groups is 1. The summed E-state index contributed by atoms with van der Waals surface area (Å²) in [6, 6.07) is 16.3. The molecular weight excluding hydrogens is 248 g/mol. The van der Waals surface area contributed by atoms with Crippen LogP contribution in [0.3, 0.4) is 0 Å². The Bertz CT molecular complexity index is 497. The van der Waals surface area contributed by atoms with Crippen LogP contribution in [0.2, 0.25) is 0 Å². The molecule has 0 aliphatic rings. The maximum Gasteiger partial charge on any atom is 0.336 e. The Hall–Kier alpha value is -1.94. The number of benzene rings is 2. The first-order valence-electron chi connectivity index (χ1n) is 5.25. The number of carboxylic acid groups (broad SMARTS) is 1. The van der Waals surface area contributed by atoms with E-state index < -0.39 is 5.97 Å². The largest absolute Gasteiger partial charge is 0.497 e. The van der Waals surface area contributed by atoms with Crippen LogP contribution < -0.4 is 4.74 Å². The smallest absolute Gasteiger partial charge is 0.336 e. The third-order valence-corrected chi connectivity index (χ3v) is 2.50. The summed E-state index contributed by atoms with van der Waals surface area (Å²) < 4.78 is 4.91. The molecule has 0 unspecified atom stereocenters. The fraction of sp³-hybridized carbons (Fsp3) is 0.0714. The summed E-state index contributed by atoms with van der Waals surface area (Å²) in [5, 5.41) is 8.52. The number of para-hydroxylation sites is 1. The van der Waals surface area contributed by atoms with Crippen LogP contribution in [0.4, 0.5) is 0 Å². The summed E-state index contributed by atoms with van der Waals surface area (Å²) in [5.41, 5.74) is 0.242. The summed E-state index contributed by atoms with van der Waals surface area (Å²) in [7, 11) is 1.66. The maximum absolute atomic E-state index is 10.4. The van der Waals surface area contributed by atoms with E-state index in [9.17, 15) is 4.79 Å². The lowest BCUT2D eigenvalue weighted by molar-refractivity contribution is 0.0693. The summed E-state index contributed by atoms with van der Waals surface area (Å²) in [6.45, 7) is 0. The van der Waals surface area contributed by atoms with Gasteiger partial charge in [0.2, 0.25) is 0 Å². The molecule has 0 radical (unpaired) electrons. The van der Waals surface area contributed by atoms with E-state index >= 15 is 0 Å². The van der Waals surface area contributed by atoms with Crippen molar-refractivity contribution in [3.63, 3.8) is 0 Å². The van der Waals surface area contributed by atoms with Crippen LogP contribution in [0.5, 0.6) is 5.75 Å². The number of carbonyl (C=O) groups is 1. The molecule has 0 fully saturated rings. The number of hydrogen-bond acceptors (Lipinski definition) is 3. The van der Waals surface area contributed by atoms with E-state index in [0.29, 0.717) is 4.90 Å². The minimum Gasteiger partial charge on any atom is -0.497 e. The van der Waals surface area contributed by atoms with Gasteiger partial charge in [0, 0.05) is 4.90 Å². The van der Waals surface area contributed by atoms with Crippen LogP contribution in [0.15, 0.2) is 59.5 Å². The zero-order valence-electron chi connectivity index (χ0n) is 9.91. The maximum atomic E-state index is 10.4. The standard InChI is InChI=1S/C7H6O2S.C7H8O/c8-7(9)5-3-1-2-4-6(5)10;1-8-7-5-3-2-4-6-7/h1-4,10H,(H,8,9);2-6H,1H3. The van der Waals surface area contributed by atoms with Crippen molar-refractivity contribution >= 4 is 18.6 Å². The topological polar surface area (TPSA) is 46.5 Å². The van der Waals surface area contributed by atoms with Gasteiger partial charge >= 0.3 is 5.97 Å². The van der Waals surface area contributed by atoms with Crippen molar-refractivity contribution in [3.05, 3.63) is 60.2 Å². The number of ether oxygens (including phenoxy) is 1. The lowest BCUT2D eigenvalue weighted by Gasteiger charge is -1.95. The molecule has 0 aliphatic heterocycles. The Morgan fingerprint density at radius 2 is 1.61 bits per heavy atom. The molecule has 0 saturated carbocycles. The second-order valence-corrected chi connectivity index (χ2v) is 3.82. The molecule has 2 aromatic carbocycles. The first-order valence-corrected chi connectivity index (χ1v) is 5.70. The summed E-state index contributed by atoms with van der Waals surface area (Å²) >= 11 is 3.96. The second-order valence-electron chi connectivity index (χ2n) is 3.34. The van der Waals surface area contributed by atoms with Gasteiger partial charge in [-0.3, -0.25) is 0 Å². The van der Waals surface area contributed by atoms with Gasteiger partial charge in [0.25, 0.3) is 0 Å². The van der Waals surface area contributed by atoms with Gasteiger partial charge in [-0.05, 0) is 24.3 Å². The summed E-state index contributed by atoms with van der Waals surface area (Å²) in [4.78, 5) is 10.9. The molecular formula is C14H14O3S. The Labute approximate surface area is 111 Å². The lowest BCUT2D eigenvalue weighted by atomic mass is 10.2. The molecule has 1 N–H and O–H groups in total. The Morgan fingerprint density at radius 3 is 2.00 bits per heavy atom. The van der Waals surface area contributed by atoms with E-state index in [1.54, 1.807) is 25.3 Å². The first-order chi connectivity index (χ1) is 8.65. The highest BCUT2D eigenvalue weighted by molar-refractivity contribution is 7.80. The number of rotatable bonds is 2. The first kappa shape index (κ1) is 14.1. The minimum absolute atomic E-state index is 0.242. The quantitative estimate of drug-likeness (QED) is 0.816. The van der Waals surface area contributed by atoms with Gasteiger partial charge < -0.3 is 9.84 Å². The predicted molar refractivity (Wildman–Crippen MR) is 73.6 cm³/mol. The molecule has 18 heavy (non-hydrogen) atoms.